The Hall–Kier alpha value is -2.81. The SMILES string of the molecule is CC/C=C/C/C=C/C/C=C/C/C=C/C/C=C/C/C=C/CCC(=O)O[C@H](COC(=O)CCC/C=C/CCCCCCCCCCCCCCCCCCCC)COP(=O)(O)OCC[N+](C)(C)C. The highest BCUT2D eigenvalue weighted by Crippen LogP contribution is 2.43. The van der Waals surface area contributed by atoms with Gasteiger partial charge in [-0.2, -0.15) is 0 Å². The molecular weight excluding hydrogens is 846 g/mol. The number of phosphoric acid groups is 1. The number of hydrogen-bond acceptors (Lipinski definition) is 7. The number of esters is 2. The minimum atomic E-state index is -4.41. The van der Waals surface area contributed by atoms with Gasteiger partial charge in [0.2, 0.25) is 0 Å². The number of quaternary nitrogens is 1. The van der Waals surface area contributed by atoms with Crippen molar-refractivity contribution in [3.8, 4) is 0 Å². The van der Waals surface area contributed by atoms with Crippen molar-refractivity contribution < 1.29 is 42.1 Å². The lowest BCUT2D eigenvalue weighted by Gasteiger charge is -2.24. The van der Waals surface area contributed by atoms with Crippen molar-refractivity contribution in [1.29, 1.82) is 0 Å². The fraction of sp³-hybridized carbons (Fsp3) is 0.714. The zero-order chi connectivity index (χ0) is 48.5. The molecule has 2 atom stereocenters. The predicted octanol–water partition coefficient (Wildman–Crippen LogP) is 15.9. The van der Waals surface area contributed by atoms with Gasteiger partial charge in [-0.25, -0.2) is 4.57 Å². The Morgan fingerprint density at radius 2 is 0.894 bits per heavy atom. The van der Waals surface area contributed by atoms with Crippen molar-refractivity contribution in [3.63, 3.8) is 0 Å². The molecule has 0 aliphatic carbocycles. The summed E-state index contributed by atoms with van der Waals surface area (Å²) in [7, 11) is 1.41. The van der Waals surface area contributed by atoms with E-state index in [0.29, 0.717) is 23.9 Å². The average Bonchev–Trinajstić information content (AvgIpc) is 3.27. The van der Waals surface area contributed by atoms with Gasteiger partial charge in [0.15, 0.2) is 6.10 Å². The second-order valence-electron chi connectivity index (χ2n) is 18.5. The number of ether oxygens (including phenoxy) is 2. The third-order valence-corrected chi connectivity index (χ3v) is 11.9. The molecule has 0 saturated heterocycles. The number of phosphoric ester groups is 1. The molecule has 0 aliphatic heterocycles. The summed E-state index contributed by atoms with van der Waals surface area (Å²) in [4.78, 5) is 35.5. The van der Waals surface area contributed by atoms with Gasteiger partial charge in [-0.15, -0.1) is 0 Å². The Morgan fingerprint density at radius 3 is 1.35 bits per heavy atom. The molecule has 1 N–H and O–H groups in total. The minimum absolute atomic E-state index is 0.0106. The molecule has 0 radical (unpaired) electrons. The lowest BCUT2D eigenvalue weighted by Crippen LogP contribution is -2.37. The van der Waals surface area contributed by atoms with Crippen LogP contribution in [0.15, 0.2) is 85.1 Å². The van der Waals surface area contributed by atoms with Crippen LogP contribution < -0.4 is 0 Å². The number of rotatable bonds is 47. The normalized spacial score (nSPS) is 14.1. The number of carbonyl (C=O) groups excluding carboxylic acids is 2. The zero-order valence-corrected chi connectivity index (χ0v) is 43.8. The first kappa shape index (κ1) is 63.2. The summed E-state index contributed by atoms with van der Waals surface area (Å²) >= 11 is 0. The van der Waals surface area contributed by atoms with Gasteiger partial charge < -0.3 is 18.9 Å². The summed E-state index contributed by atoms with van der Waals surface area (Å²) in [6.45, 7) is 4.20. The minimum Gasteiger partial charge on any atom is -0.462 e. The number of unbranched alkanes of at least 4 members (excludes halogenated alkanes) is 19. The fourth-order valence-corrected chi connectivity index (χ4v) is 7.61. The van der Waals surface area contributed by atoms with Crippen LogP contribution in [0, 0.1) is 0 Å². The van der Waals surface area contributed by atoms with Crippen molar-refractivity contribution >= 4 is 19.8 Å². The van der Waals surface area contributed by atoms with E-state index in [1.165, 1.54) is 116 Å². The van der Waals surface area contributed by atoms with Gasteiger partial charge in [-0.05, 0) is 70.6 Å². The van der Waals surface area contributed by atoms with Gasteiger partial charge in [0, 0.05) is 12.8 Å². The van der Waals surface area contributed by atoms with E-state index in [1.54, 1.807) is 0 Å². The molecule has 0 amide bonds. The first-order chi connectivity index (χ1) is 32.0. The number of allylic oxidation sites excluding steroid dienone is 14. The molecule has 0 aromatic heterocycles. The van der Waals surface area contributed by atoms with Gasteiger partial charge in [-0.1, -0.05) is 208 Å². The Kier molecular flexibility index (Phi) is 45.3. The third kappa shape index (κ3) is 50.6. The van der Waals surface area contributed by atoms with E-state index in [4.69, 9.17) is 18.5 Å². The van der Waals surface area contributed by atoms with E-state index in [2.05, 4.69) is 86.8 Å². The monoisotopic (exact) mass is 945 g/mol. The van der Waals surface area contributed by atoms with Gasteiger partial charge in [0.05, 0.1) is 27.7 Å². The summed E-state index contributed by atoms with van der Waals surface area (Å²) < 4.78 is 34.3. The van der Waals surface area contributed by atoms with Crippen LogP contribution in [0.4, 0.5) is 0 Å². The lowest BCUT2D eigenvalue weighted by atomic mass is 10.0. The van der Waals surface area contributed by atoms with Crippen LogP contribution in [-0.4, -0.2) is 74.9 Å². The number of carbonyl (C=O) groups is 2. The Bertz CT molecular complexity index is 1390. The zero-order valence-electron chi connectivity index (χ0n) is 42.9. The maximum atomic E-state index is 12.7. The van der Waals surface area contributed by atoms with Crippen LogP contribution >= 0.6 is 7.82 Å². The van der Waals surface area contributed by atoms with Crippen molar-refractivity contribution in [2.24, 2.45) is 0 Å². The largest absolute Gasteiger partial charge is 0.472 e. The molecule has 10 heteroatoms. The lowest BCUT2D eigenvalue weighted by molar-refractivity contribution is -0.870. The molecule has 0 aliphatic rings. The highest BCUT2D eigenvalue weighted by atomic mass is 31.2. The maximum Gasteiger partial charge on any atom is 0.472 e. The molecular formula is C56H99NO8P+. The first-order valence-electron chi connectivity index (χ1n) is 26.3. The van der Waals surface area contributed by atoms with Gasteiger partial charge in [0.25, 0.3) is 0 Å². The number of hydrogen-bond donors (Lipinski definition) is 1. The van der Waals surface area contributed by atoms with Crippen LogP contribution in [0.5, 0.6) is 0 Å². The van der Waals surface area contributed by atoms with E-state index in [0.717, 1.165) is 51.4 Å². The summed E-state index contributed by atoms with van der Waals surface area (Å²) in [6.07, 6.45) is 62.5. The van der Waals surface area contributed by atoms with Crippen LogP contribution in [0.25, 0.3) is 0 Å². The molecule has 9 nitrogen and oxygen atoms in total. The fourth-order valence-electron chi connectivity index (χ4n) is 6.87. The standard InChI is InChI=1S/C56H98NO8P/c1-6-8-10-12-14-16-18-20-22-24-26-27-28-29-31-32-34-36-38-40-42-44-46-48-55(58)62-52-54(53-64-66(60,61)63-51-50-57(3,4)5)65-56(59)49-47-45-43-41-39-37-35-33-30-25-23-21-19-17-15-13-11-9-7-2/h9,11,15,17,21,23,30,33,37,39-40,42-43,45,54H,6-8,10,12-14,16,18-20,22,24-29,31-32,34-36,38,41,44,46-53H2,1-5H3/p+1/b11-9+,17-15+,23-21+,33-30+,39-37+,42-40+,45-43+/t54-/m1/s1. The molecule has 0 bridgehead atoms. The van der Waals surface area contributed by atoms with E-state index in [1.807, 2.05) is 33.3 Å². The first-order valence-corrected chi connectivity index (χ1v) is 27.8. The van der Waals surface area contributed by atoms with E-state index < -0.39 is 32.5 Å². The van der Waals surface area contributed by atoms with Crippen LogP contribution in [0.2, 0.25) is 0 Å². The smallest absolute Gasteiger partial charge is 0.462 e. The molecule has 1 unspecified atom stereocenters. The molecule has 380 valence electrons. The topological polar surface area (TPSA) is 108 Å². The van der Waals surface area contributed by atoms with Gasteiger partial charge >= 0.3 is 19.8 Å². The molecule has 0 fully saturated rings. The summed E-state index contributed by atoms with van der Waals surface area (Å²) in [5.41, 5.74) is 0. The van der Waals surface area contributed by atoms with Crippen molar-refractivity contribution in [2.45, 2.75) is 213 Å². The predicted molar refractivity (Wildman–Crippen MR) is 279 cm³/mol. The number of likely N-dealkylation sites (N-methyl/N-ethyl adjacent to an activating group) is 1. The average molecular weight is 945 g/mol. The maximum absolute atomic E-state index is 12.7. The molecule has 0 spiro atoms. The summed E-state index contributed by atoms with van der Waals surface area (Å²) in [5, 5.41) is 0. The van der Waals surface area contributed by atoms with E-state index in [9.17, 15) is 19.0 Å². The molecule has 0 aromatic rings. The van der Waals surface area contributed by atoms with E-state index >= 15 is 0 Å². The molecule has 0 heterocycles. The van der Waals surface area contributed by atoms with E-state index in [-0.39, 0.29) is 26.1 Å². The Balaban J connectivity index is 4.35. The highest BCUT2D eigenvalue weighted by molar-refractivity contribution is 7.47. The number of nitrogens with zero attached hydrogens (tertiary/aromatic N) is 1. The molecule has 0 saturated carbocycles. The summed E-state index contributed by atoms with van der Waals surface area (Å²) in [6, 6.07) is 0. The summed E-state index contributed by atoms with van der Waals surface area (Å²) in [5.74, 6) is -0.935. The van der Waals surface area contributed by atoms with Crippen LogP contribution in [0.3, 0.4) is 0 Å². The third-order valence-electron chi connectivity index (χ3n) is 10.9. The second-order valence-corrected chi connectivity index (χ2v) is 20.0. The van der Waals surface area contributed by atoms with Crippen LogP contribution in [-0.2, 0) is 32.7 Å². The van der Waals surface area contributed by atoms with Crippen molar-refractivity contribution in [3.05, 3.63) is 85.1 Å². The Labute approximate surface area is 405 Å². The molecule has 66 heavy (non-hydrogen) atoms. The van der Waals surface area contributed by atoms with Crippen molar-refractivity contribution in [1.82, 2.24) is 0 Å². The second kappa shape index (κ2) is 47.3. The van der Waals surface area contributed by atoms with Gasteiger partial charge in [0.1, 0.15) is 19.8 Å². The van der Waals surface area contributed by atoms with Crippen molar-refractivity contribution in [2.75, 3.05) is 47.5 Å². The molecule has 0 rings (SSSR count). The van der Waals surface area contributed by atoms with Crippen LogP contribution in [0.1, 0.15) is 206 Å². The van der Waals surface area contributed by atoms with Gasteiger partial charge in [-0.3, -0.25) is 18.6 Å². The quantitative estimate of drug-likeness (QED) is 0.0211. The molecule has 0 aromatic carbocycles. The Morgan fingerprint density at radius 1 is 0.485 bits per heavy atom. The highest BCUT2D eigenvalue weighted by Gasteiger charge is 2.27.